The topological polar surface area (TPSA) is 99.6 Å². The molecule has 1 aromatic heterocycles. The number of sulfonamides is 1. The van der Waals surface area contributed by atoms with E-state index in [1.807, 2.05) is 0 Å². The minimum Gasteiger partial charge on any atom is -0.288 e. The number of halogens is 5. The van der Waals surface area contributed by atoms with Gasteiger partial charge < -0.3 is 0 Å². The molecular formula is C20H14F5N3O4S. The Morgan fingerprint density at radius 1 is 0.939 bits per heavy atom. The van der Waals surface area contributed by atoms with Gasteiger partial charge in [0, 0.05) is 36.5 Å². The van der Waals surface area contributed by atoms with E-state index in [0.29, 0.717) is 4.31 Å². The van der Waals surface area contributed by atoms with Crippen molar-refractivity contribution >= 4 is 15.9 Å². The zero-order valence-corrected chi connectivity index (χ0v) is 17.2. The molecule has 0 saturated heterocycles. The summed E-state index contributed by atoms with van der Waals surface area (Å²) in [5.41, 5.74) is 1.46. The predicted molar refractivity (Wildman–Crippen MR) is 103 cm³/mol. The molecule has 0 aliphatic carbocycles. The molecule has 0 radical (unpaired) electrons. The highest BCUT2D eigenvalue weighted by Gasteiger charge is 2.33. The van der Waals surface area contributed by atoms with Gasteiger partial charge in [-0.3, -0.25) is 15.0 Å². The summed E-state index contributed by atoms with van der Waals surface area (Å²) in [4.78, 5) is 13.5. The van der Waals surface area contributed by atoms with Crippen molar-refractivity contribution in [3.63, 3.8) is 0 Å². The van der Waals surface area contributed by atoms with Crippen LogP contribution in [0.5, 0.6) is 0 Å². The normalized spacial score (nSPS) is 11.6. The van der Waals surface area contributed by atoms with E-state index in [-0.39, 0.29) is 22.8 Å². The first kappa shape index (κ1) is 24.2. The molecule has 7 nitrogen and oxygen atoms in total. The van der Waals surface area contributed by atoms with Gasteiger partial charge in [-0.25, -0.2) is 35.8 Å². The molecule has 0 bridgehead atoms. The lowest BCUT2D eigenvalue weighted by Crippen LogP contribution is -2.32. The molecule has 0 saturated carbocycles. The highest BCUT2D eigenvalue weighted by atomic mass is 32.2. The molecule has 0 aliphatic heterocycles. The van der Waals surface area contributed by atoms with E-state index < -0.39 is 63.0 Å². The largest absolute Gasteiger partial charge is 0.288 e. The van der Waals surface area contributed by atoms with E-state index in [9.17, 15) is 35.2 Å². The summed E-state index contributed by atoms with van der Waals surface area (Å²) in [7, 11) is -5.03. The SMILES string of the molecule is O=C(NO)c1ccc(CN(Cc2ccncc2F)S(=O)(=O)c2cc(F)c(F)c(F)c2F)cc1. The molecule has 13 heteroatoms. The summed E-state index contributed by atoms with van der Waals surface area (Å²) >= 11 is 0. The van der Waals surface area contributed by atoms with Gasteiger partial charge in [0.25, 0.3) is 5.91 Å². The van der Waals surface area contributed by atoms with Gasteiger partial charge >= 0.3 is 0 Å². The zero-order valence-electron chi connectivity index (χ0n) is 16.4. The fourth-order valence-electron chi connectivity index (χ4n) is 2.86. The second kappa shape index (κ2) is 9.60. The lowest BCUT2D eigenvalue weighted by atomic mass is 10.1. The average molecular weight is 487 g/mol. The van der Waals surface area contributed by atoms with Crippen molar-refractivity contribution in [3.05, 3.63) is 94.6 Å². The number of benzene rings is 2. The molecule has 2 N–H and O–H groups in total. The van der Waals surface area contributed by atoms with Crippen LogP contribution in [-0.4, -0.2) is 28.8 Å². The molecule has 0 fully saturated rings. The van der Waals surface area contributed by atoms with Crippen molar-refractivity contribution in [1.29, 1.82) is 0 Å². The first-order chi connectivity index (χ1) is 15.6. The monoisotopic (exact) mass is 487 g/mol. The van der Waals surface area contributed by atoms with Crippen LogP contribution in [0, 0.1) is 29.1 Å². The number of nitrogens with one attached hydrogen (secondary N) is 1. The van der Waals surface area contributed by atoms with Crippen LogP contribution in [0.25, 0.3) is 0 Å². The number of nitrogens with zero attached hydrogens (tertiary/aromatic N) is 2. The molecule has 33 heavy (non-hydrogen) atoms. The average Bonchev–Trinajstić information content (AvgIpc) is 2.80. The molecule has 0 aliphatic rings. The van der Waals surface area contributed by atoms with Crippen molar-refractivity contribution in [3.8, 4) is 0 Å². The Balaban J connectivity index is 2.07. The maximum absolute atomic E-state index is 14.3. The van der Waals surface area contributed by atoms with Crippen LogP contribution in [0.15, 0.2) is 53.7 Å². The van der Waals surface area contributed by atoms with Crippen LogP contribution >= 0.6 is 0 Å². The summed E-state index contributed by atoms with van der Waals surface area (Å²) in [5.74, 6) is -10.3. The van der Waals surface area contributed by atoms with Gasteiger partial charge in [0.15, 0.2) is 23.3 Å². The Kier molecular flexibility index (Phi) is 7.05. The summed E-state index contributed by atoms with van der Waals surface area (Å²) in [5, 5.41) is 8.66. The number of rotatable bonds is 7. The zero-order chi connectivity index (χ0) is 24.3. The summed E-state index contributed by atoms with van der Waals surface area (Å²) < 4.78 is 95.9. The van der Waals surface area contributed by atoms with Crippen molar-refractivity contribution in [2.45, 2.75) is 18.0 Å². The Morgan fingerprint density at radius 3 is 2.21 bits per heavy atom. The smallest absolute Gasteiger partial charge is 0.274 e. The number of hydroxylamine groups is 1. The van der Waals surface area contributed by atoms with Gasteiger partial charge in [-0.2, -0.15) is 4.31 Å². The molecule has 2 aromatic carbocycles. The molecule has 174 valence electrons. The molecule has 3 aromatic rings. The highest BCUT2D eigenvalue weighted by Crippen LogP contribution is 2.28. The number of hydrogen-bond acceptors (Lipinski definition) is 5. The van der Waals surface area contributed by atoms with Gasteiger partial charge in [0.2, 0.25) is 10.0 Å². The van der Waals surface area contributed by atoms with Crippen LogP contribution in [0.4, 0.5) is 22.0 Å². The summed E-state index contributed by atoms with van der Waals surface area (Å²) in [6, 6.07) is 6.19. The minimum atomic E-state index is -5.03. The summed E-state index contributed by atoms with van der Waals surface area (Å²) in [6.45, 7) is -1.25. The Labute approximate surface area is 184 Å². The van der Waals surface area contributed by atoms with Crippen LogP contribution < -0.4 is 5.48 Å². The van der Waals surface area contributed by atoms with Crippen molar-refractivity contribution < 1.29 is 40.4 Å². The molecule has 0 atom stereocenters. The van der Waals surface area contributed by atoms with E-state index in [1.165, 1.54) is 35.9 Å². The standard InChI is InChI=1S/C20H14F5N3O4S/c21-14-7-16(18(24)19(25)17(14)23)33(31,32)28(10-13-5-6-26-8-15(13)22)9-11-1-3-12(4-2-11)20(29)27-30/h1-8,30H,9-10H2,(H,27,29). The third kappa shape index (κ3) is 4.99. The highest BCUT2D eigenvalue weighted by molar-refractivity contribution is 7.89. The van der Waals surface area contributed by atoms with E-state index >= 15 is 0 Å². The Morgan fingerprint density at radius 2 is 1.61 bits per heavy atom. The van der Waals surface area contributed by atoms with Gasteiger partial charge in [0.05, 0.1) is 6.20 Å². The fourth-order valence-corrected chi connectivity index (χ4v) is 4.33. The number of hydrogen-bond donors (Lipinski definition) is 2. The lowest BCUT2D eigenvalue weighted by molar-refractivity contribution is 0.0706. The van der Waals surface area contributed by atoms with Crippen molar-refractivity contribution in [2.24, 2.45) is 0 Å². The molecular weight excluding hydrogens is 473 g/mol. The number of carbonyl (C=O) groups excluding carboxylic acids is 1. The molecule has 1 amide bonds. The number of carbonyl (C=O) groups is 1. The number of pyridine rings is 1. The van der Waals surface area contributed by atoms with E-state index in [4.69, 9.17) is 5.21 Å². The molecule has 1 heterocycles. The van der Waals surface area contributed by atoms with Crippen LogP contribution in [0.1, 0.15) is 21.5 Å². The molecule has 0 spiro atoms. The van der Waals surface area contributed by atoms with Crippen LogP contribution in [0.2, 0.25) is 0 Å². The van der Waals surface area contributed by atoms with Crippen LogP contribution in [0.3, 0.4) is 0 Å². The first-order valence-corrected chi connectivity index (χ1v) is 10.4. The first-order valence-electron chi connectivity index (χ1n) is 9.01. The van der Waals surface area contributed by atoms with Crippen LogP contribution in [-0.2, 0) is 23.1 Å². The second-order valence-corrected chi connectivity index (χ2v) is 8.58. The van der Waals surface area contributed by atoms with Gasteiger partial charge in [-0.15, -0.1) is 0 Å². The van der Waals surface area contributed by atoms with Gasteiger partial charge in [-0.05, 0) is 23.8 Å². The Bertz CT molecular complexity index is 1300. The maximum Gasteiger partial charge on any atom is 0.274 e. The van der Waals surface area contributed by atoms with E-state index in [1.54, 1.807) is 0 Å². The number of aromatic nitrogens is 1. The summed E-state index contributed by atoms with van der Waals surface area (Å²) in [6.07, 6.45) is 1.98. The fraction of sp³-hybridized carbons (Fsp3) is 0.100. The van der Waals surface area contributed by atoms with Gasteiger partial charge in [0.1, 0.15) is 10.7 Å². The van der Waals surface area contributed by atoms with Crippen molar-refractivity contribution in [2.75, 3.05) is 0 Å². The number of amides is 1. The predicted octanol–water partition coefficient (Wildman–Crippen LogP) is 3.29. The third-order valence-electron chi connectivity index (χ3n) is 4.57. The molecule has 3 rings (SSSR count). The van der Waals surface area contributed by atoms with Crippen molar-refractivity contribution in [1.82, 2.24) is 14.8 Å². The van der Waals surface area contributed by atoms with Gasteiger partial charge in [-0.1, -0.05) is 12.1 Å². The lowest BCUT2D eigenvalue weighted by Gasteiger charge is -2.23. The van der Waals surface area contributed by atoms with E-state index in [2.05, 4.69) is 4.98 Å². The Hall–Kier alpha value is -3.42. The van der Waals surface area contributed by atoms with E-state index in [0.717, 1.165) is 12.3 Å². The second-order valence-electron chi connectivity index (χ2n) is 6.68. The minimum absolute atomic E-state index is 0.00628. The quantitative estimate of drug-likeness (QED) is 0.175. The molecule has 0 unspecified atom stereocenters. The maximum atomic E-state index is 14.3. The third-order valence-corrected chi connectivity index (χ3v) is 6.36.